The van der Waals surface area contributed by atoms with Crippen LogP contribution in [0.25, 0.3) is 0 Å². The van der Waals surface area contributed by atoms with Crippen molar-refractivity contribution >= 4 is 29.0 Å². The second-order valence-corrected chi connectivity index (χ2v) is 8.43. The molecule has 1 aliphatic heterocycles. The first kappa shape index (κ1) is 19.4. The van der Waals surface area contributed by atoms with E-state index >= 15 is 0 Å². The summed E-state index contributed by atoms with van der Waals surface area (Å²) in [5.74, 6) is 1.59. The van der Waals surface area contributed by atoms with Gasteiger partial charge in [0.15, 0.2) is 0 Å². The molecule has 8 heteroatoms. The molecule has 3 aromatic rings. The van der Waals surface area contributed by atoms with Crippen molar-refractivity contribution in [3.63, 3.8) is 0 Å². The Morgan fingerprint density at radius 2 is 2.14 bits per heavy atom. The van der Waals surface area contributed by atoms with Crippen molar-refractivity contribution in [2.45, 2.75) is 39.0 Å². The van der Waals surface area contributed by atoms with Gasteiger partial charge in [0, 0.05) is 36.8 Å². The lowest BCUT2D eigenvalue weighted by molar-refractivity contribution is -0.131. The average Bonchev–Trinajstić information content (AvgIpc) is 3.14. The number of hydrogen-bond acceptors (Lipinski definition) is 7. The molecule has 0 spiro atoms. The quantitative estimate of drug-likeness (QED) is 0.694. The SMILES string of the molecule is Cc1ccc(Nc2nccc(C3CCCN(C(=O)Cc4csc(C)n4)C3)n2)nc1. The van der Waals surface area contributed by atoms with Gasteiger partial charge in [-0.05, 0) is 44.4 Å². The van der Waals surface area contributed by atoms with Gasteiger partial charge in [0.25, 0.3) is 0 Å². The maximum atomic E-state index is 12.7. The van der Waals surface area contributed by atoms with Gasteiger partial charge in [-0.3, -0.25) is 4.79 Å². The minimum Gasteiger partial charge on any atom is -0.342 e. The highest BCUT2D eigenvalue weighted by Crippen LogP contribution is 2.27. The number of nitrogens with zero attached hydrogens (tertiary/aromatic N) is 5. The van der Waals surface area contributed by atoms with E-state index in [1.807, 2.05) is 42.3 Å². The summed E-state index contributed by atoms with van der Waals surface area (Å²) in [5.41, 5.74) is 2.92. The highest BCUT2D eigenvalue weighted by molar-refractivity contribution is 7.09. The molecule has 1 N–H and O–H groups in total. The molecule has 7 nitrogen and oxygen atoms in total. The molecule has 1 fully saturated rings. The molecule has 4 heterocycles. The molecule has 4 rings (SSSR count). The zero-order valence-electron chi connectivity index (χ0n) is 16.6. The van der Waals surface area contributed by atoms with E-state index in [1.54, 1.807) is 23.7 Å². The number of aryl methyl sites for hydroxylation is 2. The molecule has 0 radical (unpaired) electrons. The van der Waals surface area contributed by atoms with Crippen LogP contribution in [0.1, 0.15) is 40.7 Å². The Kier molecular flexibility index (Phi) is 5.80. The second-order valence-electron chi connectivity index (χ2n) is 7.36. The Balaban J connectivity index is 1.42. The van der Waals surface area contributed by atoms with Gasteiger partial charge in [-0.2, -0.15) is 0 Å². The zero-order valence-corrected chi connectivity index (χ0v) is 17.4. The Morgan fingerprint density at radius 1 is 1.24 bits per heavy atom. The fraction of sp³-hybridized carbons (Fsp3) is 0.381. The summed E-state index contributed by atoms with van der Waals surface area (Å²) >= 11 is 1.58. The van der Waals surface area contributed by atoms with E-state index in [9.17, 15) is 4.79 Å². The lowest BCUT2D eigenvalue weighted by Gasteiger charge is -2.32. The van der Waals surface area contributed by atoms with Crippen LogP contribution in [0.15, 0.2) is 36.0 Å². The number of carbonyl (C=O) groups is 1. The molecule has 150 valence electrons. The predicted octanol–water partition coefficient (Wildman–Crippen LogP) is 3.64. The Hall–Kier alpha value is -2.87. The van der Waals surface area contributed by atoms with Crippen molar-refractivity contribution in [2.24, 2.45) is 0 Å². The van der Waals surface area contributed by atoms with Crippen molar-refractivity contribution in [3.8, 4) is 0 Å². The van der Waals surface area contributed by atoms with Crippen molar-refractivity contribution in [1.29, 1.82) is 0 Å². The van der Waals surface area contributed by atoms with Crippen LogP contribution in [0.2, 0.25) is 0 Å². The lowest BCUT2D eigenvalue weighted by atomic mass is 9.94. The van der Waals surface area contributed by atoms with Crippen molar-refractivity contribution in [1.82, 2.24) is 24.8 Å². The summed E-state index contributed by atoms with van der Waals surface area (Å²) in [4.78, 5) is 32.4. The van der Waals surface area contributed by atoms with Crippen molar-refractivity contribution in [2.75, 3.05) is 18.4 Å². The minimum atomic E-state index is 0.135. The molecular formula is C21H24N6OS. The topological polar surface area (TPSA) is 83.9 Å². The number of amides is 1. The van der Waals surface area contributed by atoms with Crippen LogP contribution in [0, 0.1) is 13.8 Å². The van der Waals surface area contributed by atoms with Crippen LogP contribution >= 0.6 is 11.3 Å². The van der Waals surface area contributed by atoms with E-state index in [1.165, 1.54) is 0 Å². The number of hydrogen-bond donors (Lipinski definition) is 1. The van der Waals surface area contributed by atoms with Crippen LogP contribution in [-0.4, -0.2) is 43.8 Å². The number of rotatable bonds is 5. The van der Waals surface area contributed by atoms with Gasteiger partial charge in [0.05, 0.1) is 22.8 Å². The van der Waals surface area contributed by atoms with E-state index in [-0.39, 0.29) is 11.8 Å². The molecule has 0 aliphatic carbocycles. The van der Waals surface area contributed by atoms with Crippen molar-refractivity contribution in [3.05, 3.63) is 57.9 Å². The summed E-state index contributed by atoms with van der Waals surface area (Å²) in [7, 11) is 0. The number of anilines is 2. The number of nitrogens with one attached hydrogen (secondary N) is 1. The molecule has 1 saturated heterocycles. The Labute approximate surface area is 174 Å². The minimum absolute atomic E-state index is 0.135. The van der Waals surface area contributed by atoms with Crippen LogP contribution in [0.5, 0.6) is 0 Å². The van der Waals surface area contributed by atoms with Crippen molar-refractivity contribution < 1.29 is 4.79 Å². The third-order valence-electron chi connectivity index (χ3n) is 5.02. The molecule has 3 aromatic heterocycles. The Bertz CT molecular complexity index is 987. The molecule has 1 aliphatic rings. The van der Waals surface area contributed by atoms with Gasteiger partial charge in [0.1, 0.15) is 5.82 Å². The lowest BCUT2D eigenvalue weighted by Crippen LogP contribution is -2.40. The van der Waals surface area contributed by atoms with Gasteiger partial charge in [-0.25, -0.2) is 19.9 Å². The number of carbonyl (C=O) groups excluding carboxylic acids is 1. The molecule has 0 aromatic carbocycles. The first-order chi connectivity index (χ1) is 14.1. The molecule has 0 saturated carbocycles. The van der Waals surface area contributed by atoms with E-state index in [0.29, 0.717) is 24.7 Å². The highest BCUT2D eigenvalue weighted by Gasteiger charge is 2.26. The van der Waals surface area contributed by atoms with Gasteiger partial charge in [0.2, 0.25) is 11.9 Å². The second kappa shape index (κ2) is 8.65. The van der Waals surface area contributed by atoms with Gasteiger partial charge in [-0.15, -0.1) is 11.3 Å². The first-order valence-corrected chi connectivity index (χ1v) is 10.7. The summed E-state index contributed by atoms with van der Waals surface area (Å²) < 4.78 is 0. The maximum absolute atomic E-state index is 12.7. The smallest absolute Gasteiger partial charge is 0.228 e. The maximum Gasteiger partial charge on any atom is 0.228 e. The number of piperidine rings is 1. The number of likely N-dealkylation sites (tertiary alicyclic amines) is 1. The van der Waals surface area contributed by atoms with E-state index in [2.05, 4.69) is 25.3 Å². The number of pyridine rings is 1. The summed E-state index contributed by atoms with van der Waals surface area (Å²) in [6.07, 6.45) is 5.92. The van der Waals surface area contributed by atoms with E-state index in [0.717, 1.165) is 41.3 Å². The molecule has 1 amide bonds. The fourth-order valence-electron chi connectivity index (χ4n) is 3.52. The normalized spacial score (nSPS) is 16.6. The zero-order chi connectivity index (χ0) is 20.2. The molecule has 29 heavy (non-hydrogen) atoms. The molecular weight excluding hydrogens is 384 g/mol. The van der Waals surface area contributed by atoms with Gasteiger partial charge < -0.3 is 10.2 Å². The predicted molar refractivity (Wildman–Crippen MR) is 113 cm³/mol. The van der Waals surface area contributed by atoms with Crippen LogP contribution in [0.4, 0.5) is 11.8 Å². The largest absolute Gasteiger partial charge is 0.342 e. The average molecular weight is 409 g/mol. The first-order valence-electron chi connectivity index (χ1n) is 9.78. The highest BCUT2D eigenvalue weighted by atomic mass is 32.1. The van der Waals surface area contributed by atoms with E-state index in [4.69, 9.17) is 0 Å². The monoisotopic (exact) mass is 408 g/mol. The van der Waals surface area contributed by atoms with Crippen LogP contribution in [-0.2, 0) is 11.2 Å². The number of thiazole rings is 1. The van der Waals surface area contributed by atoms with Gasteiger partial charge >= 0.3 is 0 Å². The fourth-order valence-corrected chi connectivity index (χ4v) is 4.13. The Morgan fingerprint density at radius 3 is 2.90 bits per heavy atom. The van der Waals surface area contributed by atoms with Crippen LogP contribution < -0.4 is 5.32 Å². The van der Waals surface area contributed by atoms with Gasteiger partial charge in [-0.1, -0.05) is 6.07 Å². The summed E-state index contributed by atoms with van der Waals surface area (Å²) in [6.45, 7) is 5.44. The van der Waals surface area contributed by atoms with Crippen LogP contribution in [0.3, 0.4) is 0 Å². The molecule has 1 atom stereocenters. The standard InChI is InChI=1S/C21H24N6OS/c1-14-5-6-19(23-11-14)26-21-22-8-7-18(25-21)16-4-3-9-27(12-16)20(28)10-17-13-29-15(2)24-17/h5-8,11,13,16H,3-4,9-10,12H2,1-2H3,(H,22,23,25,26). The molecule has 1 unspecified atom stereocenters. The third kappa shape index (κ3) is 4.95. The summed E-state index contributed by atoms with van der Waals surface area (Å²) in [6, 6.07) is 5.84. The third-order valence-corrected chi connectivity index (χ3v) is 5.84. The summed E-state index contributed by atoms with van der Waals surface area (Å²) in [5, 5.41) is 6.12. The molecule has 0 bridgehead atoms. The van der Waals surface area contributed by atoms with E-state index < -0.39 is 0 Å². The number of aromatic nitrogens is 4.